The molecule has 0 bridgehead atoms. The van der Waals surface area contributed by atoms with Gasteiger partial charge in [-0.25, -0.2) is 0 Å². The summed E-state index contributed by atoms with van der Waals surface area (Å²) in [6.45, 7) is 3.88. The minimum Gasteiger partial charge on any atom is -0.343 e. The minimum atomic E-state index is -0.192. The first-order valence-corrected chi connectivity index (χ1v) is 8.00. The van der Waals surface area contributed by atoms with Crippen LogP contribution in [-0.2, 0) is 4.79 Å². The number of hydrogen-bond donors (Lipinski definition) is 2. The molecule has 23 heavy (non-hydrogen) atoms. The van der Waals surface area contributed by atoms with Crippen LogP contribution < -0.4 is 10.6 Å². The van der Waals surface area contributed by atoms with E-state index in [2.05, 4.69) is 10.6 Å². The molecule has 0 aromatic heterocycles. The molecule has 6 heteroatoms. The number of piperidine rings is 1. The molecule has 1 spiro atoms. The van der Waals surface area contributed by atoms with Gasteiger partial charge in [0.25, 0.3) is 5.91 Å². The maximum absolute atomic E-state index is 12.2. The summed E-state index contributed by atoms with van der Waals surface area (Å²) in [7, 11) is 0. The predicted octanol–water partition coefficient (Wildman–Crippen LogP) is 1.44. The molecular formula is C17H24ClN3O2. The molecule has 2 aliphatic rings. The lowest BCUT2D eigenvalue weighted by atomic mass is 9.78. The van der Waals surface area contributed by atoms with E-state index in [1.165, 1.54) is 6.42 Å². The van der Waals surface area contributed by atoms with Gasteiger partial charge in [-0.15, -0.1) is 12.4 Å². The van der Waals surface area contributed by atoms with Crippen LogP contribution in [0, 0.1) is 5.41 Å². The highest BCUT2D eigenvalue weighted by molar-refractivity contribution is 5.96. The van der Waals surface area contributed by atoms with Gasteiger partial charge in [0.15, 0.2) is 0 Å². The standard InChI is InChI=1S/C17H23N3O2.ClH/c21-15(12-19-16(22)14-4-2-1-3-5-14)20-10-7-17(8-11-20)6-9-18-13-17;/h1-5,18H,6-13H2,(H,19,22);1H. The third-order valence-electron chi connectivity index (χ3n) is 4.95. The fraction of sp³-hybridized carbons (Fsp3) is 0.529. The molecule has 2 heterocycles. The van der Waals surface area contributed by atoms with Crippen LogP contribution in [0.25, 0.3) is 0 Å². The molecule has 5 nitrogen and oxygen atoms in total. The second-order valence-electron chi connectivity index (χ2n) is 6.36. The lowest BCUT2D eigenvalue weighted by Crippen LogP contribution is -2.47. The van der Waals surface area contributed by atoms with Crippen molar-refractivity contribution in [3.05, 3.63) is 35.9 Å². The number of carbonyl (C=O) groups is 2. The van der Waals surface area contributed by atoms with Gasteiger partial charge in [-0.3, -0.25) is 9.59 Å². The molecule has 2 N–H and O–H groups in total. The summed E-state index contributed by atoms with van der Waals surface area (Å²) < 4.78 is 0. The van der Waals surface area contributed by atoms with Crippen molar-refractivity contribution in [3.63, 3.8) is 0 Å². The van der Waals surface area contributed by atoms with Gasteiger partial charge in [-0.05, 0) is 43.4 Å². The van der Waals surface area contributed by atoms with E-state index in [1.54, 1.807) is 12.1 Å². The van der Waals surface area contributed by atoms with Gasteiger partial charge in [-0.1, -0.05) is 18.2 Å². The highest BCUT2D eigenvalue weighted by Gasteiger charge is 2.37. The summed E-state index contributed by atoms with van der Waals surface area (Å²) in [5.41, 5.74) is 0.995. The zero-order chi connectivity index (χ0) is 15.4. The third kappa shape index (κ3) is 4.24. The van der Waals surface area contributed by atoms with Crippen LogP contribution in [0.15, 0.2) is 30.3 Å². The number of likely N-dealkylation sites (tertiary alicyclic amines) is 1. The molecule has 126 valence electrons. The van der Waals surface area contributed by atoms with Gasteiger partial charge in [0.2, 0.25) is 5.91 Å². The van der Waals surface area contributed by atoms with E-state index in [0.717, 1.165) is 39.0 Å². The molecule has 2 amide bonds. The van der Waals surface area contributed by atoms with Crippen molar-refractivity contribution in [1.29, 1.82) is 0 Å². The van der Waals surface area contributed by atoms with Gasteiger partial charge in [-0.2, -0.15) is 0 Å². The van der Waals surface area contributed by atoms with Gasteiger partial charge in [0.1, 0.15) is 0 Å². The molecule has 1 aromatic rings. The maximum atomic E-state index is 12.2. The summed E-state index contributed by atoms with van der Waals surface area (Å²) in [5.74, 6) is -0.174. The first-order chi connectivity index (χ1) is 10.7. The molecule has 0 aliphatic carbocycles. The van der Waals surface area contributed by atoms with E-state index in [4.69, 9.17) is 0 Å². The Morgan fingerprint density at radius 1 is 1.13 bits per heavy atom. The van der Waals surface area contributed by atoms with Gasteiger partial charge < -0.3 is 15.5 Å². The maximum Gasteiger partial charge on any atom is 0.251 e. The molecule has 0 unspecified atom stereocenters. The van der Waals surface area contributed by atoms with Crippen molar-refractivity contribution in [1.82, 2.24) is 15.5 Å². The SMILES string of the molecule is Cl.O=C(NCC(=O)N1CCC2(CCNC2)CC1)c1ccccc1. The van der Waals surface area contributed by atoms with Gasteiger partial charge >= 0.3 is 0 Å². The zero-order valence-electron chi connectivity index (χ0n) is 13.2. The monoisotopic (exact) mass is 337 g/mol. The Hall–Kier alpha value is -1.59. The normalized spacial score (nSPS) is 19.2. The van der Waals surface area contributed by atoms with Crippen LogP contribution >= 0.6 is 12.4 Å². The largest absolute Gasteiger partial charge is 0.343 e. The number of hydrogen-bond acceptors (Lipinski definition) is 3. The van der Waals surface area contributed by atoms with Crippen LogP contribution in [0.5, 0.6) is 0 Å². The van der Waals surface area contributed by atoms with Crippen molar-refractivity contribution < 1.29 is 9.59 Å². The number of nitrogens with one attached hydrogen (secondary N) is 2. The Bertz CT molecular complexity index is 534. The smallest absolute Gasteiger partial charge is 0.251 e. The van der Waals surface area contributed by atoms with E-state index in [0.29, 0.717) is 11.0 Å². The summed E-state index contributed by atoms with van der Waals surface area (Å²) in [6.07, 6.45) is 3.36. The van der Waals surface area contributed by atoms with Crippen molar-refractivity contribution in [2.24, 2.45) is 5.41 Å². The predicted molar refractivity (Wildman–Crippen MR) is 91.8 cm³/mol. The molecule has 2 saturated heterocycles. The van der Waals surface area contributed by atoms with Crippen LogP contribution in [-0.4, -0.2) is 49.4 Å². The van der Waals surface area contributed by atoms with Crippen LogP contribution in [0.3, 0.4) is 0 Å². The van der Waals surface area contributed by atoms with E-state index < -0.39 is 0 Å². The Balaban J connectivity index is 0.00000192. The number of benzene rings is 1. The summed E-state index contributed by atoms with van der Waals surface area (Å²) >= 11 is 0. The molecule has 2 fully saturated rings. The van der Waals surface area contributed by atoms with Crippen LogP contribution in [0.2, 0.25) is 0 Å². The second-order valence-corrected chi connectivity index (χ2v) is 6.36. The average molecular weight is 338 g/mol. The Labute approximate surface area is 143 Å². The quantitative estimate of drug-likeness (QED) is 0.877. The summed E-state index contributed by atoms with van der Waals surface area (Å²) in [6, 6.07) is 8.99. The van der Waals surface area contributed by atoms with E-state index in [1.807, 2.05) is 23.1 Å². The van der Waals surface area contributed by atoms with Crippen molar-refractivity contribution in [2.45, 2.75) is 19.3 Å². The third-order valence-corrected chi connectivity index (χ3v) is 4.95. The van der Waals surface area contributed by atoms with Crippen molar-refractivity contribution >= 4 is 24.2 Å². The number of nitrogens with zero attached hydrogens (tertiary/aromatic N) is 1. The summed E-state index contributed by atoms with van der Waals surface area (Å²) in [4.78, 5) is 26.1. The van der Waals surface area contributed by atoms with E-state index >= 15 is 0 Å². The molecule has 2 aliphatic heterocycles. The average Bonchev–Trinajstić information content (AvgIpc) is 3.02. The lowest BCUT2D eigenvalue weighted by molar-refractivity contribution is -0.132. The Morgan fingerprint density at radius 2 is 1.83 bits per heavy atom. The number of amides is 2. The van der Waals surface area contributed by atoms with Crippen molar-refractivity contribution in [3.8, 4) is 0 Å². The molecule has 0 atom stereocenters. The second kappa shape index (κ2) is 7.79. The molecule has 0 saturated carbocycles. The van der Waals surface area contributed by atoms with E-state index in [-0.39, 0.29) is 30.8 Å². The fourth-order valence-electron chi connectivity index (χ4n) is 3.41. The number of rotatable bonds is 3. The van der Waals surface area contributed by atoms with Crippen LogP contribution in [0.1, 0.15) is 29.6 Å². The highest BCUT2D eigenvalue weighted by atomic mass is 35.5. The first-order valence-electron chi connectivity index (χ1n) is 8.00. The highest BCUT2D eigenvalue weighted by Crippen LogP contribution is 2.36. The fourth-order valence-corrected chi connectivity index (χ4v) is 3.41. The number of halogens is 1. The molecule has 1 aromatic carbocycles. The number of carbonyl (C=O) groups excluding carboxylic acids is 2. The first kappa shape index (κ1) is 17.8. The molecular weight excluding hydrogens is 314 g/mol. The van der Waals surface area contributed by atoms with E-state index in [9.17, 15) is 9.59 Å². The minimum absolute atomic E-state index is 0. The summed E-state index contributed by atoms with van der Waals surface area (Å²) in [5, 5.41) is 6.14. The Kier molecular flexibility index (Phi) is 6.02. The lowest BCUT2D eigenvalue weighted by Gasteiger charge is -2.38. The molecule has 3 rings (SSSR count). The Morgan fingerprint density at radius 3 is 2.43 bits per heavy atom. The van der Waals surface area contributed by atoms with Gasteiger partial charge in [0.05, 0.1) is 6.54 Å². The van der Waals surface area contributed by atoms with Crippen molar-refractivity contribution in [2.75, 3.05) is 32.7 Å². The molecule has 0 radical (unpaired) electrons. The van der Waals surface area contributed by atoms with Gasteiger partial charge in [0, 0.05) is 25.2 Å². The topological polar surface area (TPSA) is 61.4 Å². The zero-order valence-corrected chi connectivity index (χ0v) is 14.0. The van der Waals surface area contributed by atoms with Crippen LogP contribution in [0.4, 0.5) is 0 Å².